The summed E-state index contributed by atoms with van der Waals surface area (Å²) in [4.78, 5) is 25.3. The Bertz CT molecular complexity index is 292. The van der Waals surface area contributed by atoms with Gasteiger partial charge in [-0.15, -0.1) is 12.4 Å². The molecule has 2 amide bonds. The van der Waals surface area contributed by atoms with Crippen LogP contribution in [0.15, 0.2) is 0 Å². The molecule has 0 radical (unpaired) electrons. The number of hydrogen-bond donors (Lipinski definition) is 2. The van der Waals surface area contributed by atoms with Gasteiger partial charge in [0.1, 0.15) is 0 Å². The molecule has 6 heteroatoms. The molecule has 0 bridgehead atoms. The molecule has 1 aliphatic rings. The van der Waals surface area contributed by atoms with Gasteiger partial charge in [0, 0.05) is 32.5 Å². The van der Waals surface area contributed by atoms with Gasteiger partial charge in [-0.05, 0) is 38.1 Å². The lowest BCUT2D eigenvalue weighted by Gasteiger charge is -2.31. The number of nitrogens with zero attached hydrogens (tertiary/aromatic N) is 1. The minimum atomic E-state index is 0. The van der Waals surface area contributed by atoms with Gasteiger partial charge >= 0.3 is 0 Å². The number of carbonyl (C=O) groups excluding carboxylic acids is 2. The lowest BCUT2D eigenvalue weighted by Crippen LogP contribution is -2.40. The van der Waals surface area contributed by atoms with Gasteiger partial charge in [0.15, 0.2) is 0 Å². The number of amides is 2. The molecule has 118 valence electrons. The van der Waals surface area contributed by atoms with E-state index in [1.165, 1.54) is 0 Å². The second-order valence-electron chi connectivity index (χ2n) is 5.26. The monoisotopic (exact) mass is 305 g/mol. The lowest BCUT2D eigenvalue weighted by molar-refractivity contribution is -0.132. The average Bonchev–Trinajstić information content (AvgIpc) is 2.45. The summed E-state index contributed by atoms with van der Waals surface area (Å²) in [6, 6.07) is 0. The quantitative estimate of drug-likeness (QED) is 0.744. The van der Waals surface area contributed by atoms with Gasteiger partial charge in [-0.3, -0.25) is 9.59 Å². The third kappa shape index (κ3) is 7.10. The van der Waals surface area contributed by atoms with Crippen molar-refractivity contribution in [1.82, 2.24) is 10.2 Å². The smallest absolute Gasteiger partial charge is 0.222 e. The minimum Gasteiger partial charge on any atom is -0.356 e. The zero-order valence-electron chi connectivity index (χ0n) is 12.4. The topological polar surface area (TPSA) is 75.4 Å². The highest BCUT2D eigenvalue weighted by Crippen LogP contribution is 2.16. The van der Waals surface area contributed by atoms with Gasteiger partial charge in [-0.25, -0.2) is 0 Å². The van der Waals surface area contributed by atoms with Crippen molar-refractivity contribution < 1.29 is 9.59 Å². The molecule has 3 N–H and O–H groups in total. The van der Waals surface area contributed by atoms with Crippen LogP contribution in [0.5, 0.6) is 0 Å². The molecule has 0 spiro atoms. The third-order valence-corrected chi connectivity index (χ3v) is 3.67. The Hall–Kier alpha value is -0.810. The van der Waals surface area contributed by atoms with Gasteiger partial charge < -0.3 is 16.0 Å². The zero-order chi connectivity index (χ0) is 14.1. The summed E-state index contributed by atoms with van der Waals surface area (Å²) in [6.07, 6.45) is 4.54. The van der Waals surface area contributed by atoms with E-state index in [0.29, 0.717) is 25.2 Å². The molecule has 1 rings (SSSR count). The van der Waals surface area contributed by atoms with E-state index in [1.54, 1.807) is 0 Å². The van der Waals surface area contributed by atoms with E-state index in [4.69, 9.17) is 5.73 Å². The van der Waals surface area contributed by atoms with E-state index >= 15 is 0 Å². The first-order chi connectivity index (χ1) is 9.17. The van der Waals surface area contributed by atoms with E-state index in [2.05, 4.69) is 5.32 Å². The predicted octanol–water partition coefficient (Wildman–Crippen LogP) is 1.30. The number of hydrogen-bond acceptors (Lipinski definition) is 3. The number of piperidine rings is 1. The lowest BCUT2D eigenvalue weighted by atomic mass is 9.97. The molecule has 0 unspecified atom stereocenters. The number of nitrogens with one attached hydrogen (secondary N) is 1. The van der Waals surface area contributed by atoms with Gasteiger partial charge in [0.25, 0.3) is 0 Å². The Kier molecular flexibility index (Phi) is 10.5. The summed E-state index contributed by atoms with van der Waals surface area (Å²) in [6.45, 7) is 5.11. The fourth-order valence-corrected chi connectivity index (χ4v) is 2.33. The molecule has 0 atom stereocenters. The molecule has 0 aromatic rings. The number of halogens is 1. The fourth-order valence-electron chi connectivity index (χ4n) is 2.33. The van der Waals surface area contributed by atoms with Gasteiger partial charge in [0.05, 0.1) is 0 Å². The fraction of sp³-hybridized carbons (Fsp3) is 0.857. The number of carbonyl (C=O) groups is 2. The molecular formula is C14H28ClN3O2. The molecular weight excluding hydrogens is 278 g/mol. The summed E-state index contributed by atoms with van der Waals surface area (Å²) in [5.41, 5.74) is 5.63. The Labute approximate surface area is 128 Å². The maximum Gasteiger partial charge on any atom is 0.222 e. The highest BCUT2D eigenvalue weighted by atomic mass is 35.5. The van der Waals surface area contributed by atoms with Crippen molar-refractivity contribution in [3.05, 3.63) is 0 Å². The van der Waals surface area contributed by atoms with Crippen LogP contribution >= 0.6 is 12.4 Å². The Morgan fingerprint density at radius 2 is 1.90 bits per heavy atom. The molecule has 1 saturated heterocycles. The van der Waals surface area contributed by atoms with Crippen molar-refractivity contribution in [2.24, 2.45) is 11.7 Å². The highest BCUT2D eigenvalue weighted by molar-refractivity contribution is 5.85. The molecule has 1 heterocycles. The van der Waals surface area contributed by atoms with Crippen LogP contribution in [-0.4, -0.2) is 42.9 Å². The molecule has 0 saturated carbocycles. The third-order valence-electron chi connectivity index (χ3n) is 3.67. The van der Waals surface area contributed by atoms with Gasteiger partial charge in [0.2, 0.25) is 11.8 Å². The first kappa shape index (κ1) is 19.2. The average molecular weight is 306 g/mol. The van der Waals surface area contributed by atoms with E-state index < -0.39 is 0 Å². The largest absolute Gasteiger partial charge is 0.356 e. The van der Waals surface area contributed by atoms with Crippen LogP contribution < -0.4 is 11.1 Å². The highest BCUT2D eigenvalue weighted by Gasteiger charge is 2.21. The van der Waals surface area contributed by atoms with Crippen molar-refractivity contribution in [2.45, 2.75) is 45.4 Å². The van der Waals surface area contributed by atoms with Crippen molar-refractivity contribution >= 4 is 24.2 Å². The van der Waals surface area contributed by atoms with Crippen molar-refractivity contribution in [2.75, 3.05) is 26.2 Å². The summed E-state index contributed by atoms with van der Waals surface area (Å²) >= 11 is 0. The van der Waals surface area contributed by atoms with Crippen molar-refractivity contribution in [3.8, 4) is 0 Å². The standard InChI is InChI=1S/C14H27N3O2.ClH/c1-2-8-16-13(18)4-3-5-14(19)17-9-6-12(11-15)7-10-17;/h12H,2-11,15H2,1H3,(H,16,18);1H. The van der Waals surface area contributed by atoms with Crippen LogP contribution in [0.1, 0.15) is 45.4 Å². The number of rotatable bonds is 7. The minimum absolute atomic E-state index is 0. The Balaban J connectivity index is 0.00000361. The summed E-state index contributed by atoms with van der Waals surface area (Å²) in [7, 11) is 0. The van der Waals surface area contributed by atoms with Crippen LogP contribution in [0.2, 0.25) is 0 Å². The van der Waals surface area contributed by atoms with E-state index in [1.807, 2.05) is 11.8 Å². The summed E-state index contributed by atoms with van der Waals surface area (Å²) < 4.78 is 0. The van der Waals surface area contributed by atoms with Gasteiger partial charge in [-0.1, -0.05) is 6.92 Å². The molecule has 5 nitrogen and oxygen atoms in total. The van der Waals surface area contributed by atoms with Crippen LogP contribution in [0.3, 0.4) is 0 Å². The van der Waals surface area contributed by atoms with Crippen LogP contribution in [0.25, 0.3) is 0 Å². The summed E-state index contributed by atoms with van der Waals surface area (Å²) in [5.74, 6) is 0.805. The second-order valence-corrected chi connectivity index (χ2v) is 5.26. The first-order valence-electron chi connectivity index (χ1n) is 7.42. The molecule has 20 heavy (non-hydrogen) atoms. The van der Waals surface area contributed by atoms with Crippen molar-refractivity contribution in [3.63, 3.8) is 0 Å². The number of likely N-dealkylation sites (tertiary alicyclic amines) is 1. The number of nitrogens with two attached hydrogens (primary N) is 1. The van der Waals surface area contributed by atoms with Crippen molar-refractivity contribution in [1.29, 1.82) is 0 Å². The predicted molar refractivity (Wildman–Crippen MR) is 82.8 cm³/mol. The molecule has 0 aliphatic carbocycles. The molecule has 1 aliphatic heterocycles. The molecule has 0 aromatic heterocycles. The Morgan fingerprint density at radius 3 is 2.45 bits per heavy atom. The van der Waals surface area contributed by atoms with E-state index in [9.17, 15) is 9.59 Å². The normalized spacial score (nSPS) is 15.6. The van der Waals surface area contributed by atoms with Crippen LogP contribution in [0.4, 0.5) is 0 Å². The maximum absolute atomic E-state index is 12.0. The van der Waals surface area contributed by atoms with Crippen LogP contribution in [0, 0.1) is 5.92 Å². The van der Waals surface area contributed by atoms with E-state index in [0.717, 1.165) is 45.4 Å². The summed E-state index contributed by atoms with van der Waals surface area (Å²) in [5, 5.41) is 2.82. The maximum atomic E-state index is 12.0. The zero-order valence-corrected chi connectivity index (χ0v) is 13.2. The SMILES string of the molecule is CCCNC(=O)CCCC(=O)N1CCC(CN)CC1.Cl. The first-order valence-corrected chi connectivity index (χ1v) is 7.42. The second kappa shape index (κ2) is 10.9. The molecule has 1 fully saturated rings. The Morgan fingerprint density at radius 1 is 1.25 bits per heavy atom. The van der Waals surface area contributed by atoms with E-state index in [-0.39, 0.29) is 24.2 Å². The van der Waals surface area contributed by atoms with Gasteiger partial charge in [-0.2, -0.15) is 0 Å². The van der Waals surface area contributed by atoms with Crippen LogP contribution in [-0.2, 0) is 9.59 Å². The molecule has 0 aromatic carbocycles.